The number of hydrogen-bond donors (Lipinski definition) is 1. The number of pyridine rings is 1. The van der Waals surface area contributed by atoms with Gasteiger partial charge in [-0.3, -0.25) is 19.3 Å². The predicted molar refractivity (Wildman–Crippen MR) is 122 cm³/mol. The lowest BCUT2D eigenvalue weighted by atomic mass is 10.1. The molecule has 1 N–H and O–H groups in total. The van der Waals surface area contributed by atoms with Gasteiger partial charge in [-0.1, -0.05) is 23.2 Å². The van der Waals surface area contributed by atoms with Crippen molar-refractivity contribution in [3.63, 3.8) is 0 Å². The van der Waals surface area contributed by atoms with Crippen molar-refractivity contribution in [1.82, 2.24) is 14.8 Å². The Morgan fingerprint density at radius 1 is 1.20 bits per heavy atom. The normalized spacial score (nSPS) is 15.4. The number of fused-ring (bicyclic) bond motifs is 1. The number of hydrogen-bond acceptors (Lipinski definition) is 4. The molecule has 3 heterocycles. The Bertz CT molecular complexity index is 1130. The number of carbonyl (C=O) groups excluding carboxylic acids is 2. The quantitative estimate of drug-likeness (QED) is 0.620. The molecule has 30 heavy (non-hydrogen) atoms. The van der Waals surface area contributed by atoms with E-state index in [1.165, 1.54) is 6.20 Å². The number of nitrogens with one attached hydrogen (secondary N) is 1. The maximum absolute atomic E-state index is 13.3. The minimum absolute atomic E-state index is 0. The fourth-order valence-electron chi connectivity index (χ4n) is 3.33. The molecule has 0 aliphatic carbocycles. The molecule has 1 aliphatic rings. The molecule has 0 fully saturated rings. The van der Waals surface area contributed by atoms with Crippen LogP contribution < -0.4 is 10.2 Å². The molecule has 0 radical (unpaired) electrons. The molecule has 3 aromatic rings. The van der Waals surface area contributed by atoms with Gasteiger partial charge in [0.1, 0.15) is 5.69 Å². The Balaban J connectivity index is 0.00000256. The standard InChI is InChI=1S/C20H17Cl2N5O2.H2S/c1-11-7-13(5-6-23-11)25-19(28)15-9-24-27-12(2)10-26(20(29)18(15)27)14-3-4-16(21)17(22)8-14;/h3-9,12H,10H2,1-2H3,(H,23,25,28);1H2/t12-;/m0./s1. The molecule has 4 rings (SSSR count). The smallest absolute Gasteiger partial charge is 0.277 e. The summed E-state index contributed by atoms with van der Waals surface area (Å²) >= 11 is 12.1. The Kier molecular flexibility index (Phi) is 6.40. The zero-order valence-electron chi connectivity index (χ0n) is 16.2. The molecular formula is C20H19Cl2N5O2S. The summed E-state index contributed by atoms with van der Waals surface area (Å²) in [5, 5.41) is 7.84. The van der Waals surface area contributed by atoms with Crippen LogP contribution in [0.5, 0.6) is 0 Å². The van der Waals surface area contributed by atoms with E-state index < -0.39 is 5.91 Å². The number of amides is 2. The minimum atomic E-state index is -0.409. The number of carbonyl (C=O) groups is 2. The summed E-state index contributed by atoms with van der Waals surface area (Å²) in [4.78, 5) is 31.8. The van der Waals surface area contributed by atoms with Gasteiger partial charge in [0.15, 0.2) is 0 Å². The van der Waals surface area contributed by atoms with Crippen molar-refractivity contribution in [3.05, 3.63) is 69.7 Å². The van der Waals surface area contributed by atoms with Gasteiger partial charge in [0.05, 0.1) is 27.8 Å². The lowest BCUT2D eigenvalue weighted by Crippen LogP contribution is -2.43. The lowest BCUT2D eigenvalue weighted by molar-refractivity contribution is 0.0939. The van der Waals surface area contributed by atoms with Crippen LogP contribution >= 0.6 is 36.7 Å². The highest BCUT2D eigenvalue weighted by Gasteiger charge is 2.35. The first-order valence-corrected chi connectivity index (χ1v) is 9.69. The third-order valence-electron chi connectivity index (χ3n) is 4.72. The van der Waals surface area contributed by atoms with Gasteiger partial charge in [-0.25, -0.2) is 0 Å². The summed E-state index contributed by atoms with van der Waals surface area (Å²) in [5.74, 6) is -0.733. The van der Waals surface area contributed by atoms with Crippen molar-refractivity contribution in [1.29, 1.82) is 0 Å². The maximum Gasteiger partial charge on any atom is 0.277 e. The van der Waals surface area contributed by atoms with Crippen LogP contribution in [0.3, 0.4) is 0 Å². The van der Waals surface area contributed by atoms with Gasteiger partial charge >= 0.3 is 0 Å². The number of aromatic nitrogens is 3. The molecule has 1 atom stereocenters. The number of aryl methyl sites for hydroxylation is 1. The second-order valence-electron chi connectivity index (χ2n) is 6.85. The number of halogens is 2. The van der Waals surface area contributed by atoms with E-state index in [4.69, 9.17) is 23.2 Å². The van der Waals surface area contributed by atoms with Gasteiger partial charge in [0.2, 0.25) is 0 Å². The average Bonchev–Trinajstić information content (AvgIpc) is 3.13. The second-order valence-corrected chi connectivity index (χ2v) is 7.67. The van der Waals surface area contributed by atoms with E-state index >= 15 is 0 Å². The van der Waals surface area contributed by atoms with Gasteiger partial charge in [-0.2, -0.15) is 18.6 Å². The number of benzene rings is 1. The van der Waals surface area contributed by atoms with E-state index in [2.05, 4.69) is 15.4 Å². The largest absolute Gasteiger partial charge is 0.322 e. The Labute approximate surface area is 190 Å². The molecule has 0 spiro atoms. The van der Waals surface area contributed by atoms with Crippen molar-refractivity contribution in [2.45, 2.75) is 19.9 Å². The van der Waals surface area contributed by atoms with Crippen molar-refractivity contribution in [2.24, 2.45) is 0 Å². The van der Waals surface area contributed by atoms with Crippen LogP contribution in [0.2, 0.25) is 10.0 Å². The van der Waals surface area contributed by atoms with Crippen LogP contribution in [0, 0.1) is 6.92 Å². The molecule has 156 valence electrons. The van der Waals surface area contributed by atoms with E-state index in [9.17, 15) is 9.59 Å². The van der Waals surface area contributed by atoms with Gasteiger partial charge < -0.3 is 10.2 Å². The van der Waals surface area contributed by atoms with Crippen molar-refractivity contribution < 1.29 is 9.59 Å². The topological polar surface area (TPSA) is 80.1 Å². The molecule has 10 heteroatoms. The number of rotatable bonds is 3. The molecule has 0 unspecified atom stereocenters. The monoisotopic (exact) mass is 463 g/mol. The van der Waals surface area contributed by atoms with Gasteiger partial charge in [-0.15, -0.1) is 0 Å². The summed E-state index contributed by atoms with van der Waals surface area (Å²) in [6.07, 6.45) is 3.03. The fraction of sp³-hybridized carbons (Fsp3) is 0.200. The van der Waals surface area contributed by atoms with Crippen LogP contribution in [0.25, 0.3) is 0 Å². The van der Waals surface area contributed by atoms with Gasteiger partial charge in [-0.05, 0) is 44.2 Å². The van der Waals surface area contributed by atoms with E-state index in [1.54, 1.807) is 46.1 Å². The molecule has 2 aromatic heterocycles. The molecule has 0 saturated carbocycles. The zero-order valence-corrected chi connectivity index (χ0v) is 18.7. The third kappa shape index (κ3) is 4.03. The highest BCUT2D eigenvalue weighted by atomic mass is 35.5. The molecule has 0 saturated heterocycles. The SMILES string of the molecule is Cc1cc(NC(=O)c2cnn3c2C(=O)N(c2ccc(Cl)c(Cl)c2)C[C@@H]3C)ccn1.S. The van der Waals surface area contributed by atoms with Crippen LogP contribution in [0.1, 0.15) is 39.5 Å². The Morgan fingerprint density at radius 2 is 1.97 bits per heavy atom. The predicted octanol–water partition coefficient (Wildman–Crippen LogP) is 4.48. The Hall–Kier alpha value is -2.55. The summed E-state index contributed by atoms with van der Waals surface area (Å²) in [6, 6.07) is 8.32. The first-order chi connectivity index (χ1) is 13.8. The minimum Gasteiger partial charge on any atom is -0.322 e. The summed E-state index contributed by atoms with van der Waals surface area (Å²) in [7, 11) is 0. The average molecular weight is 464 g/mol. The van der Waals surface area contributed by atoms with Crippen LogP contribution in [-0.4, -0.2) is 33.1 Å². The first kappa shape index (κ1) is 22.1. The fourth-order valence-corrected chi connectivity index (χ4v) is 3.62. The molecule has 7 nitrogen and oxygen atoms in total. The van der Waals surface area contributed by atoms with Crippen molar-refractivity contribution >= 4 is 59.9 Å². The highest BCUT2D eigenvalue weighted by Crippen LogP contribution is 2.32. The lowest BCUT2D eigenvalue weighted by Gasteiger charge is -2.32. The van der Waals surface area contributed by atoms with Crippen LogP contribution in [0.15, 0.2) is 42.7 Å². The van der Waals surface area contributed by atoms with E-state index in [-0.39, 0.29) is 36.7 Å². The molecule has 0 bridgehead atoms. The van der Waals surface area contributed by atoms with Gasteiger partial charge in [0.25, 0.3) is 11.8 Å². The maximum atomic E-state index is 13.3. The number of nitrogens with zero attached hydrogens (tertiary/aromatic N) is 4. The van der Waals surface area contributed by atoms with E-state index in [0.717, 1.165) is 5.69 Å². The zero-order chi connectivity index (χ0) is 20.7. The van der Waals surface area contributed by atoms with E-state index in [0.29, 0.717) is 28.0 Å². The first-order valence-electron chi connectivity index (χ1n) is 8.93. The summed E-state index contributed by atoms with van der Waals surface area (Å²) < 4.78 is 1.59. The van der Waals surface area contributed by atoms with E-state index in [1.807, 2.05) is 13.8 Å². The summed E-state index contributed by atoms with van der Waals surface area (Å²) in [5.41, 5.74) is 2.43. The number of anilines is 2. The van der Waals surface area contributed by atoms with Crippen molar-refractivity contribution in [2.75, 3.05) is 16.8 Å². The molecule has 1 aliphatic heterocycles. The molecule has 1 aromatic carbocycles. The van der Waals surface area contributed by atoms with Crippen LogP contribution in [0.4, 0.5) is 11.4 Å². The van der Waals surface area contributed by atoms with Gasteiger partial charge in [0, 0.05) is 29.8 Å². The highest BCUT2D eigenvalue weighted by molar-refractivity contribution is 7.59. The van der Waals surface area contributed by atoms with Crippen LogP contribution in [-0.2, 0) is 0 Å². The second kappa shape index (κ2) is 8.67. The molecule has 2 amide bonds. The van der Waals surface area contributed by atoms with Crippen molar-refractivity contribution in [3.8, 4) is 0 Å². The summed E-state index contributed by atoms with van der Waals surface area (Å²) in [6.45, 7) is 4.16. The Morgan fingerprint density at radius 3 is 2.67 bits per heavy atom. The third-order valence-corrected chi connectivity index (χ3v) is 5.46. The molecular weight excluding hydrogens is 445 g/mol.